The van der Waals surface area contributed by atoms with Gasteiger partial charge in [0.15, 0.2) is 5.13 Å². The molecule has 1 fully saturated rings. The van der Waals surface area contributed by atoms with Crippen LogP contribution in [-0.4, -0.2) is 45.8 Å². The highest BCUT2D eigenvalue weighted by atomic mass is 32.1. The molecule has 1 heterocycles. The summed E-state index contributed by atoms with van der Waals surface area (Å²) in [4.78, 5) is 31.3. The second-order valence-corrected chi connectivity index (χ2v) is 12.6. The molecule has 5 atom stereocenters. The summed E-state index contributed by atoms with van der Waals surface area (Å²) in [6.07, 6.45) is 1.72. The summed E-state index contributed by atoms with van der Waals surface area (Å²) >= 11 is 1.45. The van der Waals surface area contributed by atoms with Crippen LogP contribution in [0.5, 0.6) is 0 Å². The van der Waals surface area contributed by atoms with Crippen LogP contribution in [-0.2, 0) is 16.0 Å². The predicted octanol–water partition coefficient (Wildman–Crippen LogP) is 3.46. The lowest BCUT2D eigenvalue weighted by molar-refractivity contribution is -0.144. The maximum Gasteiger partial charge on any atom is 0.231 e. The van der Waals surface area contributed by atoms with E-state index in [0.29, 0.717) is 24.4 Å². The van der Waals surface area contributed by atoms with Gasteiger partial charge in [0.2, 0.25) is 11.8 Å². The molecule has 0 radical (unpaired) electrons. The smallest absolute Gasteiger partial charge is 0.231 e. The molecular formula is C24H39N3O4S. The fourth-order valence-electron chi connectivity index (χ4n) is 5.55. The molecule has 180 valence electrons. The Balaban J connectivity index is 2.05. The van der Waals surface area contributed by atoms with Crippen molar-refractivity contribution < 1.29 is 19.8 Å². The van der Waals surface area contributed by atoms with E-state index in [2.05, 4.69) is 17.6 Å². The van der Waals surface area contributed by atoms with Gasteiger partial charge in [-0.15, -0.1) is 11.3 Å². The van der Waals surface area contributed by atoms with E-state index in [9.17, 15) is 19.8 Å². The fraction of sp³-hybridized carbons (Fsp3) is 0.792. The zero-order valence-electron chi connectivity index (χ0n) is 20.4. The van der Waals surface area contributed by atoms with Crippen molar-refractivity contribution in [2.45, 2.75) is 92.2 Å². The first-order chi connectivity index (χ1) is 14.7. The first-order valence-electron chi connectivity index (χ1n) is 11.6. The van der Waals surface area contributed by atoms with Crippen LogP contribution in [0.4, 0.5) is 5.13 Å². The average molecular weight is 466 g/mol. The molecule has 0 bridgehead atoms. The Hall–Kier alpha value is -1.51. The molecule has 0 saturated heterocycles. The van der Waals surface area contributed by atoms with E-state index in [1.54, 1.807) is 0 Å². The van der Waals surface area contributed by atoms with Crippen LogP contribution in [0.2, 0.25) is 0 Å². The van der Waals surface area contributed by atoms with Gasteiger partial charge in [-0.25, -0.2) is 4.98 Å². The first kappa shape index (κ1) is 25.1. The summed E-state index contributed by atoms with van der Waals surface area (Å²) in [5.41, 5.74) is -0.607. The molecule has 2 aliphatic rings. The Labute approximate surface area is 195 Å². The van der Waals surface area contributed by atoms with Crippen molar-refractivity contribution in [2.24, 2.45) is 22.2 Å². The number of nitrogens with one attached hydrogen (secondary N) is 2. The molecule has 1 saturated carbocycles. The summed E-state index contributed by atoms with van der Waals surface area (Å²) in [5, 5.41) is 27.6. The van der Waals surface area contributed by atoms with E-state index in [4.69, 9.17) is 4.98 Å². The largest absolute Gasteiger partial charge is 0.396 e. The number of amides is 2. The molecule has 0 spiro atoms. The number of carbonyl (C=O) groups is 2. The maximum atomic E-state index is 12.9. The highest BCUT2D eigenvalue weighted by molar-refractivity contribution is 7.15. The number of thiazole rings is 1. The van der Waals surface area contributed by atoms with Crippen LogP contribution in [0.3, 0.4) is 0 Å². The lowest BCUT2D eigenvalue weighted by atomic mass is 9.47. The van der Waals surface area contributed by atoms with Crippen molar-refractivity contribution in [2.75, 3.05) is 11.9 Å². The number of hydrogen-bond donors (Lipinski definition) is 4. The SMILES string of the molecule is CC(C)NC(=O)C[C@H]1c2nc(NC(=O)C(C)(C)C)sc2C[C@H]2[C@](C)(CO)[C@H](O)CC[C@]21C. The summed E-state index contributed by atoms with van der Waals surface area (Å²) < 4.78 is 0. The summed E-state index contributed by atoms with van der Waals surface area (Å²) in [5.74, 6) is -0.274. The third kappa shape index (κ3) is 4.46. The van der Waals surface area contributed by atoms with E-state index in [-0.39, 0.29) is 41.7 Å². The third-order valence-corrected chi connectivity index (χ3v) is 8.64. The molecule has 1 aromatic heterocycles. The molecule has 1 aromatic rings. The number of aromatic nitrogens is 1. The Kier molecular flexibility index (Phi) is 6.82. The van der Waals surface area contributed by atoms with Crippen molar-refractivity contribution in [1.82, 2.24) is 10.3 Å². The van der Waals surface area contributed by atoms with Crippen molar-refractivity contribution >= 4 is 28.3 Å². The maximum absolute atomic E-state index is 12.9. The van der Waals surface area contributed by atoms with E-state index in [0.717, 1.165) is 17.0 Å². The van der Waals surface area contributed by atoms with E-state index < -0.39 is 16.9 Å². The van der Waals surface area contributed by atoms with Gasteiger partial charge in [-0.2, -0.15) is 0 Å². The minimum absolute atomic E-state index is 0.000261. The normalized spacial score (nSPS) is 32.2. The molecule has 8 heteroatoms. The van der Waals surface area contributed by atoms with Crippen molar-refractivity contribution in [3.63, 3.8) is 0 Å². The molecule has 3 rings (SSSR count). The second kappa shape index (κ2) is 8.69. The fourth-order valence-corrected chi connectivity index (χ4v) is 6.61. The van der Waals surface area contributed by atoms with Gasteiger partial charge in [-0.1, -0.05) is 34.6 Å². The molecular weight excluding hydrogens is 426 g/mol. The van der Waals surface area contributed by atoms with Crippen molar-refractivity contribution in [3.8, 4) is 0 Å². The molecule has 0 unspecified atom stereocenters. The van der Waals surface area contributed by atoms with Crippen LogP contribution >= 0.6 is 11.3 Å². The van der Waals surface area contributed by atoms with Gasteiger partial charge in [0.05, 0.1) is 18.4 Å². The highest BCUT2D eigenvalue weighted by Gasteiger charge is 2.59. The van der Waals surface area contributed by atoms with Gasteiger partial charge in [-0.3, -0.25) is 9.59 Å². The van der Waals surface area contributed by atoms with Gasteiger partial charge in [0.1, 0.15) is 0 Å². The number of aliphatic hydroxyl groups excluding tert-OH is 2. The molecule has 2 amide bonds. The number of fused-ring (bicyclic) bond motifs is 2. The molecule has 0 aromatic carbocycles. The predicted molar refractivity (Wildman–Crippen MR) is 127 cm³/mol. The summed E-state index contributed by atoms with van der Waals surface area (Å²) in [7, 11) is 0. The van der Waals surface area contributed by atoms with Crippen LogP contribution in [0.25, 0.3) is 0 Å². The Morgan fingerprint density at radius 2 is 1.94 bits per heavy atom. The molecule has 4 N–H and O–H groups in total. The minimum atomic E-state index is -0.656. The third-order valence-electron chi connectivity index (χ3n) is 7.63. The lowest BCUT2D eigenvalue weighted by Crippen LogP contribution is -2.57. The van der Waals surface area contributed by atoms with Gasteiger partial charge < -0.3 is 20.8 Å². The highest BCUT2D eigenvalue weighted by Crippen LogP contribution is 2.62. The van der Waals surface area contributed by atoms with Gasteiger partial charge in [0, 0.05) is 34.1 Å². The molecule has 7 nitrogen and oxygen atoms in total. The Morgan fingerprint density at radius 1 is 1.28 bits per heavy atom. The number of hydrogen-bond acceptors (Lipinski definition) is 6. The zero-order chi connectivity index (χ0) is 24.1. The molecule has 2 aliphatic carbocycles. The number of rotatable bonds is 5. The minimum Gasteiger partial charge on any atom is -0.396 e. The molecule has 32 heavy (non-hydrogen) atoms. The average Bonchev–Trinajstić information content (AvgIpc) is 3.07. The van der Waals surface area contributed by atoms with Crippen LogP contribution in [0.1, 0.15) is 84.2 Å². The van der Waals surface area contributed by atoms with Crippen LogP contribution < -0.4 is 10.6 Å². The topological polar surface area (TPSA) is 112 Å². The monoisotopic (exact) mass is 465 g/mol. The van der Waals surface area contributed by atoms with E-state index in [1.165, 1.54) is 11.3 Å². The lowest BCUT2D eigenvalue weighted by Gasteiger charge is -2.58. The standard InChI is InChI=1S/C24H39N3O4S/c1-13(2)25-18(30)10-14-19-15(32-21(26-19)27-20(31)22(3,4)5)11-16-23(14,6)9-8-17(29)24(16,7)12-28/h13-14,16-17,28-29H,8-12H2,1-7H3,(H,25,30)(H,26,27,31)/t14-,16+,17+,23-,24-/m0/s1. The van der Waals surface area contributed by atoms with E-state index >= 15 is 0 Å². The van der Waals surface area contributed by atoms with Gasteiger partial charge in [-0.05, 0) is 44.4 Å². The Bertz CT molecular complexity index is 877. The Morgan fingerprint density at radius 3 is 2.50 bits per heavy atom. The van der Waals surface area contributed by atoms with Crippen molar-refractivity contribution in [1.29, 1.82) is 0 Å². The van der Waals surface area contributed by atoms with Gasteiger partial charge >= 0.3 is 0 Å². The van der Waals surface area contributed by atoms with Crippen LogP contribution in [0.15, 0.2) is 0 Å². The first-order valence-corrected chi connectivity index (χ1v) is 12.4. The number of carbonyl (C=O) groups excluding carboxylic acids is 2. The van der Waals surface area contributed by atoms with Gasteiger partial charge in [0.25, 0.3) is 0 Å². The molecule has 0 aliphatic heterocycles. The quantitative estimate of drug-likeness (QED) is 0.532. The number of nitrogens with zero attached hydrogens (tertiary/aromatic N) is 1. The van der Waals surface area contributed by atoms with Crippen LogP contribution in [0, 0.1) is 22.2 Å². The van der Waals surface area contributed by atoms with Crippen molar-refractivity contribution in [3.05, 3.63) is 10.6 Å². The van der Waals surface area contributed by atoms with E-state index in [1.807, 2.05) is 41.5 Å². The zero-order valence-corrected chi connectivity index (χ0v) is 21.2. The summed E-state index contributed by atoms with van der Waals surface area (Å²) in [6, 6.07) is 0.0436. The second-order valence-electron chi connectivity index (χ2n) is 11.5. The number of anilines is 1. The number of aliphatic hydroxyl groups is 2. The summed E-state index contributed by atoms with van der Waals surface area (Å²) in [6.45, 7) is 13.5.